The van der Waals surface area contributed by atoms with Crippen LogP contribution in [0.1, 0.15) is 33.4 Å². The molecule has 2 heterocycles. The first-order valence-electron chi connectivity index (χ1n) is 7.44. The zero-order valence-electron chi connectivity index (χ0n) is 13.6. The molecule has 118 valence electrons. The lowest BCUT2D eigenvalue weighted by atomic mass is 10.1. The van der Waals surface area contributed by atoms with Gasteiger partial charge in [-0.05, 0) is 34.6 Å². The second-order valence-electron chi connectivity index (χ2n) is 6.43. The van der Waals surface area contributed by atoms with Crippen molar-refractivity contribution in [1.29, 1.82) is 0 Å². The molecule has 1 fully saturated rings. The Balaban J connectivity index is 2.25. The summed E-state index contributed by atoms with van der Waals surface area (Å²) >= 11 is 0. The van der Waals surface area contributed by atoms with E-state index in [1.807, 2.05) is 26.8 Å². The fraction of sp³-hybridized carbons (Fsp3) is 0.733. The highest BCUT2D eigenvalue weighted by molar-refractivity contribution is 5.36. The van der Waals surface area contributed by atoms with E-state index >= 15 is 0 Å². The Kier molecular flexibility index (Phi) is 4.68. The molecule has 0 saturated carbocycles. The predicted molar refractivity (Wildman–Crippen MR) is 82.8 cm³/mol. The molecule has 1 atom stereocenters. The number of aryl methyl sites for hydroxylation is 1. The molecule has 0 aliphatic carbocycles. The summed E-state index contributed by atoms with van der Waals surface area (Å²) in [6.45, 7) is 12.0. The summed E-state index contributed by atoms with van der Waals surface area (Å²) in [5, 5.41) is 0. The van der Waals surface area contributed by atoms with Gasteiger partial charge in [0.15, 0.2) is 0 Å². The Morgan fingerprint density at radius 1 is 1.48 bits per heavy atom. The average molecular weight is 294 g/mol. The van der Waals surface area contributed by atoms with E-state index in [0.29, 0.717) is 24.9 Å². The number of nitrogens with two attached hydrogens (primary N) is 1. The Hall–Kier alpha value is -1.40. The number of nitrogens with zero attached hydrogens (tertiary/aromatic N) is 3. The molecule has 6 heteroatoms. The van der Waals surface area contributed by atoms with E-state index in [4.69, 9.17) is 15.2 Å². The summed E-state index contributed by atoms with van der Waals surface area (Å²) < 4.78 is 11.6. The lowest BCUT2D eigenvalue weighted by Crippen LogP contribution is -2.55. The SMILES string of the molecule is Cc1cc(OC(C)C)nc(N2CC(CN)OC(C)(C)C2)n1. The van der Waals surface area contributed by atoms with Crippen LogP contribution in [-0.4, -0.2) is 47.4 Å². The van der Waals surface area contributed by atoms with E-state index in [1.54, 1.807) is 0 Å². The molecule has 0 amide bonds. The maximum atomic E-state index is 5.95. The minimum Gasteiger partial charge on any atom is -0.475 e. The van der Waals surface area contributed by atoms with E-state index in [0.717, 1.165) is 12.2 Å². The van der Waals surface area contributed by atoms with Gasteiger partial charge in [-0.3, -0.25) is 0 Å². The summed E-state index contributed by atoms with van der Waals surface area (Å²) in [7, 11) is 0. The normalized spacial score (nSPS) is 21.7. The molecule has 1 aliphatic heterocycles. The monoisotopic (exact) mass is 294 g/mol. The van der Waals surface area contributed by atoms with Gasteiger partial charge < -0.3 is 20.1 Å². The summed E-state index contributed by atoms with van der Waals surface area (Å²) in [5.74, 6) is 1.29. The average Bonchev–Trinajstić information content (AvgIpc) is 2.35. The third-order valence-electron chi connectivity index (χ3n) is 3.20. The highest BCUT2D eigenvalue weighted by atomic mass is 16.5. The third-order valence-corrected chi connectivity index (χ3v) is 3.20. The fourth-order valence-corrected chi connectivity index (χ4v) is 2.54. The minimum atomic E-state index is -0.269. The first kappa shape index (κ1) is 16.0. The van der Waals surface area contributed by atoms with Crippen LogP contribution in [0.25, 0.3) is 0 Å². The molecule has 1 saturated heterocycles. The quantitative estimate of drug-likeness (QED) is 0.907. The highest BCUT2D eigenvalue weighted by Crippen LogP contribution is 2.25. The molecule has 0 bridgehead atoms. The Morgan fingerprint density at radius 3 is 2.81 bits per heavy atom. The van der Waals surface area contributed by atoms with Crippen LogP contribution in [0.15, 0.2) is 6.07 Å². The largest absolute Gasteiger partial charge is 0.475 e. The number of morpholine rings is 1. The molecule has 2 rings (SSSR count). The summed E-state index contributed by atoms with van der Waals surface area (Å²) in [6.07, 6.45) is 0.0809. The summed E-state index contributed by atoms with van der Waals surface area (Å²) in [6, 6.07) is 1.86. The molecule has 6 nitrogen and oxygen atoms in total. The van der Waals surface area contributed by atoms with Crippen molar-refractivity contribution in [3.8, 4) is 5.88 Å². The number of rotatable bonds is 4. The second-order valence-corrected chi connectivity index (χ2v) is 6.43. The van der Waals surface area contributed by atoms with Crippen LogP contribution in [0.3, 0.4) is 0 Å². The van der Waals surface area contributed by atoms with Crippen molar-refractivity contribution in [2.45, 2.75) is 52.4 Å². The van der Waals surface area contributed by atoms with Crippen molar-refractivity contribution < 1.29 is 9.47 Å². The van der Waals surface area contributed by atoms with Crippen LogP contribution < -0.4 is 15.4 Å². The Labute approximate surface area is 126 Å². The molecule has 1 aliphatic rings. The molecule has 0 aromatic carbocycles. The van der Waals surface area contributed by atoms with Crippen molar-refractivity contribution in [2.24, 2.45) is 5.73 Å². The predicted octanol–water partition coefficient (Wildman–Crippen LogP) is 1.51. The van der Waals surface area contributed by atoms with Crippen molar-refractivity contribution in [3.63, 3.8) is 0 Å². The maximum absolute atomic E-state index is 5.95. The topological polar surface area (TPSA) is 73.5 Å². The maximum Gasteiger partial charge on any atom is 0.229 e. The Bertz CT molecular complexity index is 491. The van der Waals surface area contributed by atoms with Crippen LogP contribution in [0, 0.1) is 6.92 Å². The van der Waals surface area contributed by atoms with Crippen LogP contribution in [-0.2, 0) is 4.74 Å². The van der Waals surface area contributed by atoms with Gasteiger partial charge in [-0.2, -0.15) is 4.98 Å². The standard InChI is InChI=1S/C15H26N4O2/c1-10(2)20-13-6-11(3)17-14(18-13)19-8-12(7-16)21-15(4,5)9-19/h6,10,12H,7-9,16H2,1-5H3. The molecule has 1 aromatic heterocycles. The molecule has 0 radical (unpaired) electrons. The number of ether oxygens (including phenoxy) is 2. The minimum absolute atomic E-state index is 0.00710. The van der Waals surface area contributed by atoms with E-state index in [-0.39, 0.29) is 17.8 Å². The van der Waals surface area contributed by atoms with Gasteiger partial charge in [-0.15, -0.1) is 0 Å². The van der Waals surface area contributed by atoms with Crippen LogP contribution in [0.5, 0.6) is 5.88 Å². The van der Waals surface area contributed by atoms with Crippen molar-refractivity contribution >= 4 is 5.95 Å². The van der Waals surface area contributed by atoms with E-state index in [9.17, 15) is 0 Å². The highest BCUT2D eigenvalue weighted by Gasteiger charge is 2.34. The van der Waals surface area contributed by atoms with Crippen LogP contribution in [0.2, 0.25) is 0 Å². The van der Waals surface area contributed by atoms with Gasteiger partial charge in [0.05, 0.1) is 17.8 Å². The smallest absolute Gasteiger partial charge is 0.229 e. The first-order valence-corrected chi connectivity index (χ1v) is 7.44. The number of anilines is 1. The van der Waals surface area contributed by atoms with Crippen molar-refractivity contribution in [2.75, 3.05) is 24.5 Å². The summed E-state index contributed by atoms with van der Waals surface area (Å²) in [4.78, 5) is 11.2. The lowest BCUT2D eigenvalue weighted by molar-refractivity contribution is -0.0792. The fourth-order valence-electron chi connectivity index (χ4n) is 2.54. The zero-order valence-corrected chi connectivity index (χ0v) is 13.6. The van der Waals surface area contributed by atoms with Crippen LogP contribution in [0.4, 0.5) is 5.95 Å². The molecule has 1 unspecified atom stereocenters. The lowest BCUT2D eigenvalue weighted by Gasteiger charge is -2.42. The van der Waals surface area contributed by atoms with Crippen molar-refractivity contribution in [3.05, 3.63) is 11.8 Å². The number of hydrogen-bond acceptors (Lipinski definition) is 6. The Morgan fingerprint density at radius 2 is 2.19 bits per heavy atom. The molecular weight excluding hydrogens is 268 g/mol. The van der Waals surface area contributed by atoms with Gasteiger partial charge in [-0.25, -0.2) is 4.98 Å². The number of aromatic nitrogens is 2. The number of hydrogen-bond donors (Lipinski definition) is 1. The summed E-state index contributed by atoms with van der Waals surface area (Å²) in [5.41, 5.74) is 6.40. The van der Waals surface area contributed by atoms with E-state index in [2.05, 4.69) is 28.7 Å². The van der Waals surface area contributed by atoms with Crippen LogP contribution >= 0.6 is 0 Å². The van der Waals surface area contributed by atoms with Gasteiger partial charge in [-0.1, -0.05) is 0 Å². The zero-order chi connectivity index (χ0) is 15.6. The van der Waals surface area contributed by atoms with E-state index in [1.165, 1.54) is 0 Å². The van der Waals surface area contributed by atoms with Gasteiger partial charge in [0.1, 0.15) is 0 Å². The van der Waals surface area contributed by atoms with E-state index < -0.39 is 0 Å². The third kappa shape index (κ3) is 4.28. The molecule has 1 aromatic rings. The molecule has 21 heavy (non-hydrogen) atoms. The molecular formula is C15H26N4O2. The molecule has 0 spiro atoms. The van der Waals surface area contributed by atoms with Gasteiger partial charge in [0, 0.05) is 31.4 Å². The van der Waals surface area contributed by atoms with Gasteiger partial charge >= 0.3 is 0 Å². The van der Waals surface area contributed by atoms with Crippen molar-refractivity contribution in [1.82, 2.24) is 9.97 Å². The van der Waals surface area contributed by atoms with Gasteiger partial charge in [0.2, 0.25) is 11.8 Å². The molecule has 2 N–H and O–H groups in total. The first-order chi connectivity index (χ1) is 9.79. The second kappa shape index (κ2) is 6.15. The van der Waals surface area contributed by atoms with Gasteiger partial charge in [0.25, 0.3) is 0 Å².